The van der Waals surface area contributed by atoms with E-state index in [0.717, 1.165) is 27.7 Å². The third kappa shape index (κ3) is 3.15. The number of nitrogens with zero attached hydrogens (tertiary/aromatic N) is 6. The predicted molar refractivity (Wildman–Crippen MR) is 98.1 cm³/mol. The monoisotopic (exact) mass is 350 g/mol. The fourth-order valence-corrected chi connectivity index (χ4v) is 3.59. The average molecular weight is 350 g/mol. The van der Waals surface area contributed by atoms with E-state index in [0.29, 0.717) is 5.75 Å². The molecule has 0 fully saturated rings. The Morgan fingerprint density at radius 2 is 1.84 bits per heavy atom. The summed E-state index contributed by atoms with van der Waals surface area (Å²) < 4.78 is 3.84. The van der Waals surface area contributed by atoms with Crippen LogP contribution in [-0.2, 0) is 5.75 Å². The summed E-state index contributed by atoms with van der Waals surface area (Å²) in [6.45, 7) is 6.23. The number of thioether (sulfide) groups is 1. The van der Waals surface area contributed by atoms with Gasteiger partial charge in [-0.05, 0) is 54.5 Å². The molecule has 7 heteroatoms. The molecule has 126 valence electrons. The Morgan fingerprint density at radius 3 is 2.68 bits per heavy atom. The highest BCUT2D eigenvalue weighted by Gasteiger charge is 2.12. The van der Waals surface area contributed by atoms with E-state index in [2.05, 4.69) is 82.3 Å². The van der Waals surface area contributed by atoms with E-state index >= 15 is 0 Å². The largest absolute Gasteiger partial charge is 0.307 e. The van der Waals surface area contributed by atoms with Crippen LogP contribution in [0.1, 0.15) is 22.4 Å². The molecule has 0 bridgehead atoms. The molecule has 1 aromatic carbocycles. The summed E-state index contributed by atoms with van der Waals surface area (Å²) in [5.41, 5.74) is 6.55. The fraction of sp³-hybridized carbons (Fsp3) is 0.222. The first kappa shape index (κ1) is 15.8. The van der Waals surface area contributed by atoms with Gasteiger partial charge in [-0.2, -0.15) is 4.68 Å². The standard InChI is InChI=1S/C18H18N6S/c1-12-4-6-16(14(3)8-12)24-18(20-21-22-24)25-11-15-10-23-9-13(2)5-7-17(23)19-15/h4-10H,11H2,1-3H3. The molecule has 0 radical (unpaired) electrons. The van der Waals surface area contributed by atoms with Crippen molar-refractivity contribution in [2.45, 2.75) is 31.7 Å². The van der Waals surface area contributed by atoms with Crippen LogP contribution in [0.15, 0.2) is 47.9 Å². The molecule has 0 aliphatic carbocycles. The topological polar surface area (TPSA) is 60.9 Å². The average Bonchev–Trinajstić information content (AvgIpc) is 3.18. The van der Waals surface area contributed by atoms with Crippen molar-refractivity contribution in [3.8, 4) is 5.69 Å². The van der Waals surface area contributed by atoms with Crippen molar-refractivity contribution < 1.29 is 0 Å². The lowest BCUT2D eigenvalue weighted by Gasteiger charge is -2.07. The van der Waals surface area contributed by atoms with Gasteiger partial charge in [0.1, 0.15) is 5.65 Å². The first-order chi connectivity index (χ1) is 12.1. The third-order valence-electron chi connectivity index (χ3n) is 4.02. The van der Waals surface area contributed by atoms with E-state index in [9.17, 15) is 0 Å². The van der Waals surface area contributed by atoms with Crippen LogP contribution >= 0.6 is 11.8 Å². The zero-order valence-electron chi connectivity index (χ0n) is 14.3. The SMILES string of the molecule is Cc1ccc(-n2nnnc2SCc2cn3cc(C)ccc3n2)c(C)c1. The highest BCUT2D eigenvalue weighted by atomic mass is 32.2. The zero-order chi connectivity index (χ0) is 17.4. The summed E-state index contributed by atoms with van der Waals surface area (Å²) in [5.74, 6) is 0.714. The van der Waals surface area contributed by atoms with Gasteiger partial charge in [0.2, 0.25) is 5.16 Å². The van der Waals surface area contributed by atoms with Crippen molar-refractivity contribution in [3.63, 3.8) is 0 Å². The van der Waals surface area contributed by atoms with Crippen LogP contribution in [0, 0.1) is 20.8 Å². The molecule has 0 N–H and O–H groups in total. The minimum atomic E-state index is 0.714. The number of benzene rings is 1. The number of pyridine rings is 1. The lowest BCUT2D eigenvalue weighted by atomic mass is 10.1. The fourth-order valence-electron chi connectivity index (χ4n) is 2.83. The van der Waals surface area contributed by atoms with E-state index in [1.165, 1.54) is 11.1 Å². The summed E-state index contributed by atoms with van der Waals surface area (Å²) in [7, 11) is 0. The van der Waals surface area contributed by atoms with E-state index in [1.807, 2.05) is 6.07 Å². The third-order valence-corrected chi connectivity index (χ3v) is 4.97. The molecule has 4 aromatic rings. The predicted octanol–water partition coefficient (Wildman–Crippen LogP) is 3.53. The second-order valence-electron chi connectivity index (χ2n) is 6.16. The summed E-state index contributed by atoms with van der Waals surface area (Å²) in [6.07, 6.45) is 4.14. The molecule has 3 aromatic heterocycles. The first-order valence-corrected chi connectivity index (χ1v) is 9.02. The summed E-state index contributed by atoms with van der Waals surface area (Å²) >= 11 is 1.58. The van der Waals surface area contributed by atoms with Crippen molar-refractivity contribution >= 4 is 17.4 Å². The Labute approximate surface area is 149 Å². The molecule has 4 rings (SSSR count). The van der Waals surface area contributed by atoms with Crippen molar-refractivity contribution in [1.82, 2.24) is 29.6 Å². The van der Waals surface area contributed by atoms with Gasteiger partial charge in [-0.3, -0.25) is 0 Å². The van der Waals surface area contributed by atoms with Crippen LogP contribution in [-0.4, -0.2) is 29.6 Å². The normalized spacial score (nSPS) is 11.3. The highest BCUT2D eigenvalue weighted by Crippen LogP contribution is 2.24. The van der Waals surface area contributed by atoms with Gasteiger partial charge in [0.15, 0.2) is 0 Å². The smallest absolute Gasteiger partial charge is 0.214 e. The van der Waals surface area contributed by atoms with E-state index in [1.54, 1.807) is 16.4 Å². The summed E-state index contributed by atoms with van der Waals surface area (Å²) in [5, 5.41) is 12.9. The minimum absolute atomic E-state index is 0.714. The first-order valence-electron chi connectivity index (χ1n) is 8.03. The van der Waals surface area contributed by atoms with Crippen LogP contribution in [0.4, 0.5) is 0 Å². The van der Waals surface area contributed by atoms with E-state index < -0.39 is 0 Å². The van der Waals surface area contributed by atoms with Gasteiger partial charge in [-0.1, -0.05) is 35.5 Å². The van der Waals surface area contributed by atoms with Crippen LogP contribution < -0.4 is 0 Å². The molecule has 25 heavy (non-hydrogen) atoms. The van der Waals surface area contributed by atoms with Gasteiger partial charge >= 0.3 is 0 Å². The molecular formula is C18H18N6S. The van der Waals surface area contributed by atoms with E-state index in [4.69, 9.17) is 0 Å². The molecule has 0 aliphatic rings. The maximum atomic E-state index is 4.65. The molecule has 0 saturated carbocycles. The quantitative estimate of drug-likeness (QED) is 0.527. The minimum Gasteiger partial charge on any atom is -0.307 e. The van der Waals surface area contributed by atoms with Crippen molar-refractivity contribution in [2.75, 3.05) is 0 Å². The lowest BCUT2D eigenvalue weighted by molar-refractivity contribution is 0.751. The Hall–Kier alpha value is -2.67. The van der Waals surface area contributed by atoms with Gasteiger partial charge in [0.25, 0.3) is 0 Å². The van der Waals surface area contributed by atoms with Gasteiger partial charge in [0, 0.05) is 18.1 Å². The van der Waals surface area contributed by atoms with Gasteiger partial charge in [-0.15, -0.1) is 5.10 Å². The number of aryl methyl sites for hydroxylation is 3. The molecule has 6 nitrogen and oxygen atoms in total. The van der Waals surface area contributed by atoms with Crippen LogP contribution in [0.25, 0.3) is 11.3 Å². The van der Waals surface area contributed by atoms with Gasteiger partial charge < -0.3 is 4.40 Å². The summed E-state index contributed by atoms with van der Waals surface area (Å²) in [4.78, 5) is 4.65. The zero-order valence-corrected chi connectivity index (χ0v) is 15.2. The molecule has 0 amide bonds. The Bertz CT molecular complexity index is 1050. The number of fused-ring (bicyclic) bond motifs is 1. The number of tetrazole rings is 1. The number of hydrogen-bond acceptors (Lipinski definition) is 5. The van der Waals surface area contributed by atoms with Crippen LogP contribution in [0.5, 0.6) is 0 Å². The Morgan fingerprint density at radius 1 is 1.00 bits per heavy atom. The number of aromatic nitrogens is 6. The molecule has 0 aliphatic heterocycles. The Balaban J connectivity index is 1.58. The maximum absolute atomic E-state index is 4.65. The molecular weight excluding hydrogens is 332 g/mol. The van der Waals surface area contributed by atoms with Crippen LogP contribution in [0.2, 0.25) is 0 Å². The highest BCUT2D eigenvalue weighted by molar-refractivity contribution is 7.98. The number of hydrogen-bond donors (Lipinski definition) is 0. The van der Waals surface area contributed by atoms with Crippen molar-refractivity contribution in [3.05, 3.63) is 65.1 Å². The van der Waals surface area contributed by atoms with Crippen LogP contribution in [0.3, 0.4) is 0 Å². The van der Waals surface area contributed by atoms with Crippen molar-refractivity contribution in [1.29, 1.82) is 0 Å². The molecule has 3 heterocycles. The molecule has 0 unspecified atom stereocenters. The summed E-state index contributed by atoms with van der Waals surface area (Å²) in [6, 6.07) is 10.4. The second kappa shape index (κ2) is 6.33. The molecule has 0 atom stereocenters. The lowest BCUT2D eigenvalue weighted by Crippen LogP contribution is -2.01. The van der Waals surface area contributed by atoms with Gasteiger partial charge in [0.05, 0.1) is 11.4 Å². The molecule has 0 saturated heterocycles. The number of rotatable bonds is 4. The molecule has 0 spiro atoms. The maximum Gasteiger partial charge on any atom is 0.214 e. The van der Waals surface area contributed by atoms with Gasteiger partial charge in [-0.25, -0.2) is 4.98 Å². The van der Waals surface area contributed by atoms with Crippen molar-refractivity contribution in [2.24, 2.45) is 0 Å². The number of imidazole rings is 1. The Kier molecular flexibility index (Phi) is 4.01. The second-order valence-corrected chi connectivity index (χ2v) is 7.10. The van der Waals surface area contributed by atoms with E-state index in [-0.39, 0.29) is 0 Å².